The molecule has 3 rings (SSSR count). The number of aromatic nitrogens is 1. The van der Waals surface area contributed by atoms with Crippen LogP contribution in [0.25, 0.3) is 11.3 Å². The Kier molecular flexibility index (Phi) is 5.00. The summed E-state index contributed by atoms with van der Waals surface area (Å²) in [4.78, 5) is 15.5. The van der Waals surface area contributed by atoms with Crippen LogP contribution in [-0.4, -0.2) is 26.3 Å². The topological polar surface area (TPSA) is 98.5 Å². The van der Waals surface area contributed by atoms with E-state index in [1.807, 2.05) is 0 Å². The Balaban J connectivity index is 2.02. The van der Waals surface area contributed by atoms with E-state index in [4.69, 9.17) is 9.15 Å². The molecule has 3 aromatic rings. The first-order valence-corrected chi connectivity index (χ1v) is 9.53. The molecule has 27 heavy (non-hydrogen) atoms. The zero-order chi connectivity index (χ0) is 19.6. The van der Waals surface area contributed by atoms with Gasteiger partial charge in [0.1, 0.15) is 10.6 Å². The summed E-state index contributed by atoms with van der Waals surface area (Å²) >= 11 is 0. The monoisotopic (exact) mass is 386 g/mol. The summed E-state index contributed by atoms with van der Waals surface area (Å²) in [6, 6.07) is 11.0. The number of benzene rings is 2. The van der Waals surface area contributed by atoms with E-state index in [-0.39, 0.29) is 22.1 Å². The highest BCUT2D eigenvalue weighted by Crippen LogP contribution is 2.31. The number of carbonyl (C=O) groups excluding carboxylic acids is 1. The molecule has 1 heterocycles. The molecule has 0 aliphatic carbocycles. The van der Waals surface area contributed by atoms with Gasteiger partial charge in [0.15, 0.2) is 17.4 Å². The third-order valence-electron chi connectivity index (χ3n) is 3.88. The van der Waals surface area contributed by atoms with E-state index in [1.165, 1.54) is 32.4 Å². The Bertz CT molecular complexity index is 1100. The number of carbonyl (C=O) groups is 1. The maximum atomic E-state index is 12.9. The second-order valence-electron chi connectivity index (χ2n) is 5.85. The molecule has 0 amide bonds. The van der Waals surface area contributed by atoms with Gasteiger partial charge in [0.05, 0.1) is 13.3 Å². The molecule has 1 N–H and O–H groups in total. The average Bonchev–Trinajstić information content (AvgIpc) is 3.07. The zero-order valence-electron chi connectivity index (χ0n) is 15.0. The molecule has 0 saturated heterocycles. The molecule has 0 bridgehead atoms. The smallest absolute Gasteiger partial charge is 0.265 e. The molecular weight excluding hydrogens is 368 g/mol. The first kappa shape index (κ1) is 18.7. The predicted molar refractivity (Wildman–Crippen MR) is 100 cm³/mol. The molecule has 0 radical (unpaired) electrons. The number of hydrogen-bond acceptors (Lipinski definition) is 6. The van der Waals surface area contributed by atoms with Gasteiger partial charge in [-0.25, -0.2) is 13.4 Å². The lowest BCUT2D eigenvalue weighted by atomic mass is 10.1. The number of oxazole rings is 1. The van der Waals surface area contributed by atoms with E-state index in [9.17, 15) is 13.2 Å². The summed E-state index contributed by atoms with van der Waals surface area (Å²) in [5.74, 6) is 0.955. The molecule has 7 nitrogen and oxygen atoms in total. The quantitative estimate of drug-likeness (QED) is 0.649. The Morgan fingerprint density at radius 2 is 1.96 bits per heavy atom. The van der Waals surface area contributed by atoms with Crippen molar-refractivity contribution in [1.82, 2.24) is 4.98 Å². The number of ketones is 1. The van der Waals surface area contributed by atoms with Crippen LogP contribution in [-0.2, 0) is 10.0 Å². The molecule has 0 aliphatic rings. The third-order valence-corrected chi connectivity index (χ3v) is 5.28. The minimum Gasteiger partial charge on any atom is -0.495 e. The van der Waals surface area contributed by atoms with Crippen molar-refractivity contribution in [2.45, 2.75) is 18.7 Å². The van der Waals surface area contributed by atoms with Gasteiger partial charge in [-0.15, -0.1) is 0 Å². The molecule has 2 aromatic carbocycles. The van der Waals surface area contributed by atoms with Crippen molar-refractivity contribution in [3.8, 4) is 17.1 Å². The van der Waals surface area contributed by atoms with Gasteiger partial charge in [-0.05, 0) is 37.3 Å². The highest BCUT2D eigenvalue weighted by molar-refractivity contribution is 7.92. The van der Waals surface area contributed by atoms with E-state index in [2.05, 4.69) is 9.71 Å². The average molecular weight is 386 g/mol. The SMILES string of the molecule is COc1ccc(-c2cnc(C)o2)cc1S(=O)(=O)Nc1cccc(C(C)=O)c1. The van der Waals surface area contributed by atoms with Crippen LogP contribution in [0, 0.1) is 6.92 Å². The normalized spacial score (nSPS) is 11.2. The lowest BCUT2D eigenvalue weighted by molar-refractivity contribution is 0.101. The Labute approximate surface area is 157 Å². The van der Waals surface area contributed by atoms with Crippen LogP contribution < -0.4 is 9.46 Å². The van der Waals surface area contributed by atoms with Crippen LogP contribution in [0.15, 0.2) is 58.0 Å². The van der Waals surface area contributed by atoms with Gasteiger partial charge in [0.2, 0.25) is 0 Å². The van der Waals surface area contributed by atoms with Gasteiger partial charge in [0, 0.05) is 23.7 Å². The van der Waals surface area contributed by atoms with Crippen LogP contribution in [0.2, 0.25) is 0 Å². The number of Topliss-reactive ketones (excluding diaryl/α,β-unsaturated/α-hetero) is 1. The minimum absolute atomic E-state index is 0.0511. The molecule has 0 atom stereocenters. The highest BCUT2D eigenvalue weighted by atomic mass is 32.2. The van der Waals surface area contributed by atoms with Crippen LogP contribution >= 0.6 is 0 Å². The first-order chi connectivity index (χ1) is 12.8. The van der Waals surface area contributed by atoms with Crippen LogP contribution in [0.1, 0.15) is 23.2 Å². The Morgan fingerprint density at radius 3 is 2.59 bits per heavy atom. The lowest BCUT2D eigenvalue weighted by Gasteiger charge is -2.13. The number of nitrogens with zero attached hydrogens (tertiary/aromatic N) is 1. The van der Waals surface area contributed by atoms with Crippen molar-refractivity contribution in [3.63, 3.8) is 0 Å². The maximum absolute atomic E-state index is 12.9. The number of rotatable bonds is 6. The molecule has 8 heteroatoms. The van der Waals surface area contributed by atoms with Crippen molar-refractivity contribution in [1.29, 1.82) is 0 Å². The van der Waals surface area contributed by atoms with Crippen LogP contribution in [0.3, 0.4) is 0 Å². The van der Waals surface area contributed by atoms with Crippen LogP contribution in [0.5, 0.6) is 5.75 Å². The lowest BCUT2D eigenvalue weighted by Crippen LogP contribution is -2.14. The fourth-order valence-corrected chi connectivity index (χ4v) is 3.79. The summed E-state index contributed by atoms with van der Waals surface area (Å²) in [5, 5.41) is 0. The summed E-state index contributed by atoms with van der Waals surface area (Å²) < 4.78 is 39.0. The summed E-state index contributed by atoms with van der Waals surface area (Å²) in [6.45, 7) is 3.12. The van der Waals surface area contributed by atoms with Crippen molar-refractivity contribution < 1.29 is 22.4 Å². The van der Waals surface area contributed by atoms with Gasteiger partial charge >= 0.3 is 0 Å². The number of sulfonamides is 1. The fraction of sp³-hybridized carbons (Fsp3) is 0.158. The standard InChI is InChI=1S/C19H18N2O5S/c1-12(22)14-5-4-6-16(9-14)21-27(23,24)19-10-15(7-8-17(19)25-3)18-11-20-13(2)26-18/h4-11,21H,1-3H3. The number of anilines is 1. The minimum atomic E-state index is -3.97. The van der Waals surface area contributed by atoms with Crippen molar-refractivity contribution >= 4 is 21.5 Å². The Morgan fingerprint density at radius 1 is 1.19 bits per heavy atom. The number of methoxy groups -OCH3 is 1. The summed E-state index contributed by atoms with van der Waals surface area (Å²) in [5.41, 5.74) is 1.24. The molecule has 1 aromatic heterocycles. The van der Waals surface area contributed by atoms with Gasteiger partial charge in [-0.2, -0.15) is 0 Å². The molecule has 0 aliphatic heterocycles. The van der Waals surface area contributed by atoms with Gasteiger partial charge in [-0.1, -0.05) is 12.1 Å². The second-order valence-corrected chi connectivity index (χ2v) is 7.50. The van der Waals surface area contributed by atoms with Gasteiger partial charge < -0.3 is 9.15 Å². The third kappa shape index (κ3) is 4.01. The number of aryl methyl sites for hydroxylation is 1. The number of hydrogen-bond donors (Lipinski definition) is 1. The van der Waals surface area contributed by atoms with E-state index in [0.717, 1.165) is 0 Å². The van der Waals surface area contributed by atoms with Crippen molar-refractivity contribution in [2.24, 2.45) is 0 Å². The first-order valence-electron chi connectivity index (χ1n) is 8.05. The summed E-state index contributed by atoms with van der Waals surface area (Å²) in [6.07, 6.45) is 1.53. The zero-order valence-corrected chi connectivity index (χ0v) is 15.8. The van der Waals surface area contributed by atoms with E-state index in [0.29, 0.717) is 22.8 Å². The van der Waals surface area contributed by atoms with E-state index < -0.39 is 10.0 Å². The highest BCUT2D eigenvalue weighted by Gasteiger charge is 2.22. The molecular formula is C19H18N2O5S. The van der Waals surface area contributed by atoms with Crippen LogP contribution in [0.4, 0.5) is 5.69 Å². The number of ether oxygens (including phenoxy) is 1. The van der Waals surface area contributed by atoms with Crippen molar-refractivity contribution in [3.05, 3.63) is 60.1 Å². The maximum Gasteiger partial charge on any atom is 0.265 e. The molecule has 0 unspecified atom stereocenters. The second kappa shape index (κ2) is 7.24. The van der Waals surface area contributed by atoms with E-state index >= 15 is 0 Å². The molecule has 0 fully saturated rings. The largest absolute Gasteiger partial charge is 0.495 e. The summed E-state index contributed by atoms with van der Waals surface area (Å²) in [7, 11) is -2.58. The molecule has 0 saturated carbocycles. The fourth-order valence-electron chi connectivity index (χ4n) is 2.55. The molecule has 140 valence electrons. The number of nitrogens with one attached hydrogen (secondary N) is 1. The predicted octanol–water partition coefficient (Wildman–Crippen LogP) is 3.66. The van der Waals surface area contributed by atoms with Gasteiger partial charge in [0.25, 0.3) is 10.0 Å². The Hall–Kier alpha value is -3.13. The van der Waals surface area contributed by atoms with E-state index in [1.54, 1.807) is 37.3 Å². The van der Waals surface area contributed by atoms with Gasteiger partial charge in [-0.3, -0.25) is 9.52 Å². The van der Waals surface area contributed by atoms with Crippen molar-refractivity contribution in [2.75, 3.05) is 11.8 Å². The molecule has 0 spiro atoms.